The number of rotatable bonds is 3. The highest BCUT2D eigenvalue weighted by atomic mass is 35.5. The van der Waals surface area contributed by atoms with Crippen molar-refractivity contribution >= 4 is 28.8 Å². The first-order valence-electron chi connectivity index (χ1n) is 5.75. The second-order valence-corrected chi connectivity index (χ2v) is 4.79. The summed E-state index contributed by atoms with van der Waals surface area (Å²) in [6.07, 6.45) is 4.31. The Morgan fingerprint density at radius 3 is 2.95 bits per heavy atom. The van der Waals surface area contributed by atoms with Crippen LogP contribution in [0, 0.1) is 0 Å². The molecule has 2 heterocycles. The van der Waals surface area contributed by atoms with Crippen LogP contribution in [0.25, 0.3) is 10.9 Å². The summed E-state index contributed by atoms with van der Waals surface area (Å²) in [5.74, 6) is 0.814. The second kappa shape index (κ2) is 4.51. The third kappa shape index (κ3) is 2.02. The molecule has 2 aromatic heterocycles. The maximum atomic E-state index is 11.1. The third-order valence-corrected chi connectivity index (χ3v) is 3.35. The van der Waals surface area contributed by atoms with Crippen molar-refractivity contribution in [1.29, 1.82) is 0 Å². The zero-order valence-corrected chi connectivity index (χ0v) is 11.0. The summed E-state index contributed by atoms with van der Waals surface area (Å²) in [7, 11) is 1.88. The van der Waals surface area contributed by atoms with E-state index in [4.69, 9.17) is 11.6 Å². The van der Waals surface area contributed by atoms with Gasteiger partial charge in [-0.3, -0.25) is 4.79 Å². The summed E-state index contributed by atoms with van der Waals surface area (Å²) >= 11 is 6.02. The molecule has 3 aromatic rings. The maximum Gasteiger partial charge on any atom is 0.152 e. The van der Waals surface area contributed by atoms with Crippen LogP contribution in [-0.4, -0.2) is 25.6 Å². The van der Waals surface area contributed by atoms with E-state index in [1.54, 1.807) is 12.4 Å². The fourth-order valence-corrected chi connectivity index (χ4v) is 2.29. The van der Waals surface area contributed by atoms with Gasteiger partial charge in [0.25, 0.3) is 0 Å². The first kappa shape index (κ1) is 11.9. The van der Waals surface area contributed by atoms with Gasteiger partial charge in [-0.2, -0.15) is 0 Å². The second-order valence-electron chi connectivity index (χ2n) is 4.35. The van der Waals surface area contributed by atoms with Gasteiger partial charge in [-0.05, 0) is 12.1 Å². The SMILES string of the molecule is Cn1cnnc1Cn1cc(C=O)c2ccc(Cl)cc21. The van der Waals surface area contributed by atoms with Crippen molar-refractivity contribution in [3.63, 3.8) is 0 Å². The molecule has 0 aliphatic carbocycles. The normalized spacial score (nSPS) is 11.1. The number of hydrogen-bond donors (Lipinski definition) is 0. The van der Waals surface area contributed by atoms with Crippen molar-refractivity contribution in [2.24, 2.45) is 7.05 Å². The molecule has 19 heavy (non-hydrogen) atoms. The average molecular weight is 275 g/mol. The number of halogens is 1. The molecule has 0 saturated heterocycles. The molecule has 0 aliphatic rings. The molecule has 0 spiro atoms. The molecule has 6 heteroatoms. The van der Waals surface area contributed by atoms with Crippen LogP contribution in [0.4, 0.5) is 0 Å². The van der Waals surface area contributed by atoms with E-state index in [1.807, 2.05) is 34.5 Å². The Kier molecular flexibility index (Phi) is 2.83. The number of carbonyl (C=O) groups excluding carboxylic acids is 1. The third-order valence-electron chi connectivity index (χ3n) is 3.12. The number of fused-ring (bicyclic) bond motifs is 1. The molecule has 0 unspecified atom stereocenters. The average Bonchev–Trinajstić information content (AvgIpc) is 2.95. The van der Waals surface area contributed by atoms with E-state index >= 15 is 0 Å². The molecule has 0 atom stereocenters. The summed E-state index contributed by atoms with van der Waals surface area (Å²) in [5.41, 5.74) is 1.56. The Bertz CT molecular complexity index is 759. The molecule has 0 fully saturated rings. The lowest BCUT2D eigenvalue weighted by molar-refractivity contribution is 0.112. The molecule has 0 aliphatic heterocycles. The highest BCUT2D eigenvalue weighted by Gasteiger charge is 2.10. The van der Waals surface area contributed by atoms with Crippen LogP contribution in [0.1, 0.15) is 16.2 Å². The lowest BCUT2D eigenvalue weighted by Crippen LogP contribution is -2.04. The summed E-state index contributed by atoms with van der Waals surface area (Å²) < 4.78 is 3.80. The van der Waals surface area contributed by atoms with Crippen molar-refractivity contribution in [1.82, 2.24) is 19.3 Å². The van der Waals surface area contributed by atoms with Crippen molar-refractivity contribution in [3.8, 4) is 0 Å². The summed E-state index contributed by atoms with van der Waals surface area (Å²) in [4.78, 5) is 11.1. The minimum absolute atomic E-state index is 0.543. The van der Waals surface area contributed by atoms with Crippen molar-refractivity contribution in [2.45, 2.75) is 6.54 Å². The number of hydrogen-bond acceptors (Lipinski definition) is 3. The fourth-order valence-electron chi connectivity index (χ4n) is 2.12. The molecule has 1 aromatic carbocycles. The van der Waals surface area contributed by atoms with E-state index in [1.165, 1.54) is 0 Å². The highest BCUT2D eigenvalue weighted by Crippen LogP contribution is 2.24. The van der Waals surface area contributed by atoms with E-state index in [0.717, 1.165) is 23.0 Å². The molecule has 0 amide bonds. The Balaban J connectivity index is 2.15. The van der Waals surface area contributed by atoms with Gasteiger partial charge in [0.2, 0.25) is 0 Å². The monoisotopic (exact) mass is 274 g/mol. The van der Waals surface area contributed by atoms with Crippen LogP contribution in [0.3, 0.4) is 0 Å². The molecule has 96 valence electrons. The lowest BCUT2D eigenvalue weighted by atomic mass is 10.2. The van der Waals surface area contributed by atoms with E-state index < -0.39 is 0 Å². The van der Waals surface area contributed by atoms with Crippen molar-refractivity contribution in [3.05, 3.63) is 47.1 Å². The zero-order chi connectivity index (χ0) is 13.4. The minimum atomic E-state index is 0.543. The molecule has 0 saturated carbocycles. The first-order valence-corrected chi connectivity index (χ1v) is 6.13. The molecule has 3 rings (SSSR count). The van der Waals surface area contributed by atoms with Gasteiger partial charge in [0.1, 0.15) is 6.33 Å². The van der Waals surface area contributed by atoms with Crippen LogP contribution in [0.5, 0.6) is 0 Å². The Morgan fingerprint density at radius 2 is 2.26 bits per heavy atom. The summed E-state index contributed by atoms with van der Waals surface area (Å²) in [5, 5.41) is 9.42. The van der Waals surface area contributed by atoms with Crippen LogP contribution in [-0.2, 0) is 13.6 Å². The standard InChI is InChI=1S/C13H11ClN4O/c1-17-8-15-16-13(17)6-18-5-9(7-19)11-3-2-10(14)4-12(11)18/h2-5,7-8H,6H2,1H3. The molecular formula is C13H11ClN4O. The topological polar surface area (TPSA) is 52.7 Å². The molecule has 0 radical (unpaired) electrons. The van der Waals surface area contributed by atoms with Crippen molar-refractivity contribution < 1.29 is 4.79 Å². The number of benzene rings is 1. The van der Waals surface area contributed by atoms with Gasteiger partial charge in [0, 0.05) is 29.2 Å². The van der Waals surface area contributed by atoms with Gasteiger partial charge in [-0.25, -0.2) is 0 Å². The number of carbonyl (C=O) groups is 1. The van der Waals surface area contributed by atoms with Gasteiger partial charge < -0.3 is 9.13 Å². The van der Waals surface area contributed by atoms with E-state index in [9.17, 15) is 4.79 Å². The summed E-state index contributed by atoms with van der Waals surface area (Å²) in [6, 6.07) is 5.48. The van der Waals surface area contributed by atoms with Crippen LogP contribution in [0.2, 0.25) is 5.02 Å². The van der Waals surface area contributed by atoms with Gasteiger partial charge in [0.05, 0.1) is 12.1 Å². The maximum absolute atomic E-state index is 11.1. The van der Waals surface area contributed by atoms with Gasteiger partial charge in [-0.1, -0.05) is 17.7 Å². The molecule has 0 N–H and O–H groups in total. The predicted molar refractivity (Wildman–Crippen MR) is 72.4 cm³/mol. The Hall–Kier alpha value is -2.14. The number of nitrogens with zero attached hydrogens (tertiary/aromatic N) is 4. The molecule has 0 bridgehead atoms. The minimum Gasteiger partial charge on any atom is -0.339 e. The van der Waals surface area contributed by atoms with E-state index in [0.29, 0.717) is 17.1 Å². The van der Waals surface area contributed by atoms with Crippen LogP contribution < -0.4 is 0 Å². The quantitative estimate of drug-likeness (QED) is 0.689. The van der Waals surface area contributed by atoms with Crippen molar-refractivity contribution in [2.75, 3.05) is 0 Å². The Labute approximate surface area is 114 Å². The van der Waals surface area contributed by atoms with Crippen LogP contribution >= 0.6 is 11.6 Å². The zero-order valence-electron chi connectivity index (χ0n) is 10.2. The van der Waals surface area contributed by atoms with Crippen LogP contribution in [0.15, 0.2) is 30.7 Å². The summed E-state index contributed by atoms with van der Waals surface area (Å²) in [6.45, 7) is 0.543. The lowest BCUT2D eigenvalue weighted by Gasteiger charge is -2.04. The van der Waals surface area contributed by atoms with E-state index in [2.05, 4.69) is 10.2 Å². The first-order chi connectivity index (χ1) is 9.19. The fraction of sp³-hybridized carbons (Fsp3) is 0.154. The largest absolute Gasteiger partial charge is 0.339 e. The van der Waals surface area contributed by atoms with Gasteiger partial charge >= 0.3 is 0 Å². The smallest absolute Gasteiger partial charge is 0.152 e. The van der Waals surface area contributed by atoms with E-state index in [-0.39, 0.29) is 0 Å². The predicted octanol–water partition coefficient (Wildman–Crippen LogP) is 2.28. The van der Waals surface area contributed by atoms with Gasteiger partial charge in [-0.15, -0.1) is 10.2 Å². The highest BCUT2D eigenvalue weighted by molar-refractivity contribution is 6.31. The Morgan fingerprint density at radius 1 is 1.42 bits per heavy atom. The number of aryl methyl sites for hydroxylation is 1. The molecular weight excluding hydrogens is 264 g/mol. The number of aromatic nitrogens is 4. The molecule has 5 nitrogen and oxygen atoms in total. The van der Waals surface area contributed by atoms with Gasteiger partial charge in [0.15, 0.2) is 12.1 Å². The number of aldehydes is 1.